The number of rotatable bonds is 4. The quantitative estimate of drug-likeness (QED) is 0.550. The first-order chi connectivity index (χ1) is 12.4. The van der Waals surface area contributed by atoms with Gasteiger partial charge in [0, 0.05) is 16.7 Å². The second-order valence-electron chi connectivity index (χ2n) is 5.73. The summed E-state index contributed by atoms with van der Waals surface area (Å²) in [6.45, 7) is 4.03. The predicted molar refractivity (Wildman–Crippen MR) is 110 cm³/mol. The van der Waals surface area contributed by atoms with Crippen molar-refractivity contribution in [2.45, 2.75) is 13.8 Å². The molecule has 0 aliphatic carbocycles. The first kappa shape index (κ1) is 18.7. The molecule has 0 aliphatic heterocycles. The Morgan fingerprint density at radius 2 is 1.96 bits per heavy atom. The number of thiazole rings is 1. The Morgan fingerprint density at radius 3 is 2.65 bits per heavy atom. The molecule has 2 aromatic carbocycles. The second kappa shape index (κ2) is 7.66. The van der Waals surface area contributed by atoms with Crippen LogP contribution in [-0.2, 0) is 4.79 Å². The fourth-order valence-electron chi connectivity index (χ4n) is 2.54. The molecular formula is C19H16Cl2N2O2S. The lowest BCUT2D eigenvalue weighted by Crippen LogP contribution is -2.07. The molecule has 0 aliphatic rings. The molecule has 1 N–H and O–H groups in total. The van der Waals surface area contributed by atoms with Gasteiger partial charge in [0.2, 0.25) is 5.91 Å². The van der Waals surface area contributed by atoms with Gasteiger partial charge in [-0.25, -0.2) is 4.98 Å². The van der Waals surface area contributed by atoms with E-state index in [1.54, 1.807) is 18.2 Å². The van der Waals surface area contributed by atoms with E-state index in [2.05, 4.69) is 16.4 Å². The molecule has 0 radical (unpaired) electrons. The van der Waals surface area contributed by atoms with Crippen molar-refractivity contribution in [3.05, 3.63) is 57.1 Å². The van der Waals surface area contributed by atoms with Gasteiger partial charge in [0.05, 0.1) is 22.3 Å². The number of carbonyl (C=O) groups excluding carboxylic acids is 1. The van der Waals surface area contributed by atoms with E-state index >= 15 is 0 Å². The number of nitrogens with zero attached hydrogens (tertiary/aromatic N) is 1. The van der Waals surface area contributed by atoms with Crippen molar-refractivity contribution >= 4 is 61.9 Å². The summed E-state index contributed by atoms with van der Waals surface area (Å²) >= 11 is 13.6. The molecular weight excluding hydrogens is 391 g/mol. The lowest BCUT2D eigenvalue weighted by Gasteiger charge is -2.07. The van der Waals surface area contributed by atoms with E-state index in [1.165, 1.54) is 24.5 Å². The van der Waals surface area contributed by atoms with Crippen LogP contribution >= 0.6 is 34.5 Å². The van der Waals surface area contributed by atoms with Crippen molar-refractivity contribution in [2.75, 3.05) is 12.4 Å². The van der Waals surface area contributed by atoms with Crippen LogP contribution in [0.5, 0.6) is 5.75 Å². The number of fused-ring (bicyclic) bond motifs is 1. The lowest BCUT2D eigenvalue weighted by atomic mass is 10.1. The van der Waals surface area contributed by atoms with Crippen LogP contribution < -0.4 is 10.1 Å². The lowest BCUT2D eigenvalue weighted by molar-refractivity contribution is -0.111. The molecule has 4 nitrogen and oxygen atoms in total. The maximum absolute atomic E-state index is 12.3. The highest BCUT2D eigenvalue weighted by atomic mass is 35.5. The SMILES string of the molecule is COc1c(Cl)cc(Cl)cc1C=CC(=O)Nc1nc2c(C)ccc(C)c2s1. The molecule has 134 valence electrons. The fourth-order valence-corrected chi connectivity index (χ4v) is 4.15. The summed E-state index contributed by atoms with van der Waals surface area (Å²) < 4.78 is 6.34. The molecule has 1 heterocycles. The molecule has 7 heteroatoms. The van der Waals surface area contributed by atoms with Crippen LogP contribution in [0.4, 0.5) is 5.13 Å². The van der Waals surface area contributed by atoms with E-state index in [0.29, 0.717) is 26.5 Å². The van der Waals surface area contributed by atoms with Gasteiger partial charge in [-0.2, -0.15) is 0 Å². The zero-order chi connectivity index (χ0) is 18.8. The maximum atomic E-state index is 12.3. The highest BCUT2D eigenvalue weighted by Crippen LogP contribution is 2.33. The molecule has 0 bridgehead atoms. The Bertz CT molecular complexity index is 989. The molecule has 0 saturated carbocycles. The molecule has 0 spiro atoms. The minimum absolute atomic E-state index is 0.294. The number of amides is 1. The zero-order valence-corrected chi connectivity index (χ0v) is 16.7. The number of halogens is 2. The Hall–Kier alpha value is -2.08. The van der Waals surface area contributed by atoms with E-state index < -0.39 is 0 Å². The van der Waals surface area contributed by atoms with Gasteiger partial charge >= 0.3 is 0 Å². The zero-order valence-electron chi connectivity index (χ0n) is 14.4. The number of ether oxygens (including phenoxy) is 1. The highest BCUT2D eigenvalue weighted by Gasteiger charge is 2.11. The molecule has 0 unspecified atom stereocenters. The van der Waals surface area contributed by atoms with Crippen molar-refractivity contribution in [1.29, 1.82) is 0 Å². The summed E-state index contributed by atoms with van der Waals surface area (Å²) in [6, 6.07) is 7.35. The molecule has 3 rings (SSSR count). The van der Waals surface area contributed by atoms with Crippen molar-refractivity contribution in [1.82, 2.24) is 4.98 Å². The second-order valence-corrected chi connectivity index (χ2v) is 7.57. The number of aromatic nitrogens is 1. The number of anilines is 1. The van der Waals surface area contributed by atoms with Crippen molar-refractivity contribution in [3.63, 3.8) is 0 Å². The topological polar surface area (TPSA) is 51.2 Å². The fraction of sp³-hybridized carbons (Fsp3) is 0.158. The van der Waals surface area contributed by atoms with Crippen molar-refractivity contribution in [2.24, 2.45) is 0 Å². The number of carbonyl (C=O) groups is 1. The standard InChI is InChI=1S/C19H16Cl2N2O2S/c1-10-4-5-11(2)18-16(10)23-19(26-18)22-15(24)7-6-12-8-13(20)9-14(21)17(12)25-3/h4-9H,1-3H3,(H,22,23,24). The van der Waals surface area contributed by atoms with Crippen LogP contribution in [-0.4, -0.2) is 18.0 Å². The Labute approximate surface area is 165 Å². The van der Waals surface area contributed by atoms with E-state index in [-0.39, 0.29) is 5.91 Å². The third kappa shape index (κ3) is 3.85. The average Bonchev–Trinajstić information content (AvgIpc) is 3.01. The normalized spacial score (nSPS) is 11.3. The van der Waals surface area contributed by atoms with Gasteiger partial charge in [0.25, 0.3) is 0 Å². The summed E-state index contributed by atoms with van der Waals surface area (Å²) in [6.07, 6.45) is 3.01. The van der Waals surface area contributed by atoms with Gasteiger partial charge in [-0.05, 0) is 43.2 Å². The number of hydrogen-bond donors (Lipinski definition) is 1. The monoisotopic (exact) mass is 406 g/mol. The number of aryl methyl sites for hydroxylation is 2. The molecule has 0 atom stereocenters. The van der Waals surface area contributed by atoms with Crippen LogP contribution in [0.1, 0.15) is 16.7 Å². The summed E-state index contributed by atoms with van der Waals surface area (Å²) in [4.78, 5) is 16.8. The van der Waals surface area contributed by atoms with E-state index in [4.69, 9.17) is 27.9 Å². The van der Waals surface area contributed by atoms with Crippen LogP contribution in [0.25, 0.3) is 16.3 Å². The largest absolute Gasteiger partial charge is 0.495 e. The number of methoxy groups -OCH3 is 1. The highest BCUT2D eigenvalue weighted by molar-refractivity contribution is 7.22. The molecule has 0 saturated heterocycles. The summed E-state index contributed by atoms with van der Waals surface area (Å²) in [5.41, 5.74) is 3.75. The smallest absolute Gasteiger partial charge is 0.250 e. The third-order valence-electron chi connectivity index (χ3n) is 3.83. The molecule has 26 heavy (non-hydrogen) atoms. The molecule has 3 aromatic rings. The third-order valence-corrected chi connectivity index (χ3v) is 5.43. The number of nitrogens with one attached hydrogen (secondary N) is 1. The van der Waals surface area contributed by atoms with Gasteiger partial charge in [-0.3, -0.25) is 10.1 Å². The van der Waals surface area contributed by atoms with Gasteiger partial charge in [-0.1, -0.05) is 46.7 Å². The Kier molecular flexibility index (Phi) is 5.51. The maximum Gasteiger partial charge on any atom is 0.250 e. The number of benzene rings is 2. The van der Waals surface area contributed by atoms with Crippen LogP contribution in [0.2, 0.25) is 10.0 Å². The summed E-state index contributed by atoms with van der Waals surface area (Å²) in [5.74, 6) is 0.170. The Balaban J connectivity index is 1.83. The number of hydrogen-bond acceptors (Lipinski definition) is 4. The van der Waals surface area contributed by atoms with Crippen molar-refractivity contribution in [3.8, 4) is 5.75 Å². The van der Waals surface area contributed by atoms with Gasteiger partial charge in [-0.15, -0.1) is 0 Å². The van der Waals surface area contributed by atoms with Crippen molar-refractivity contribution < 1.29 is 9.53 Å². The van der Waals surface area contributed by atoms with Gasteiger partial charge in [0.1, 0.15) is 5.75 Å². The summed E-state index contributed by atoms with van der Waals surface area (Å²) in [7, 11) is 1.51. The minimum atomic E-state index is -0.294. The Morgan fingerprint density at radius 1 is 1.23 bits per heavy atom. The van der Waals surface area contributed by atoms with Gasteiger partial charge < -0.3 is 4.74 Å². The van der Waals surface area contributed by atoms with Crippen LogP contribution in [0.3, 0.4) is 0 Å². The average molecular weight is 407 g/mol. The van der Waals surface area contributed by atoms with Crippen LogP contribution in [0, 0.1) is 13.8 Å². The molecule has 1 amide bonds. The summed E-state index contributed by atoms with van der Waals surface area (Å²) in [5, 5.41) is 4.21. The minimum Gasteiger partial charge on any atom is -0.495 e. The van der Waals surface area contributed by atoms with Crippen LogP contribution in [0.15, 0.2) is 30.3 Å². The molecule has 0 fully saturated rings. The van der Waals surface area contributed by atoms with Gasteiger partial charge in [0.15, 0.2) is 5.13 Å². The van der Waals surface area contributed by atoms with E-state index in [1.807, 2.05) is 19.9 Å². The van der Waals surface area contributed by atoms with E-state index in [9.17, 15) is 4.79 Å². The van der Waals surface area contributed by atoms with E-state index in [0.717, 1.165) is 21.3 Å². The molecule has 1 aromatic heterocycles. The first-order valence-electron chi connectivity index (χ1n) is 7.78. The predicted octanol–water partition coefficient (Wildman–Crippen LogP) is 5.88. The first-order valence-corrected chi connectivity index (χ1v) is 9.35.